The van der Waals surface area contributed by atoms with Gasteiger partial charge in [-0.1, -0.05) is 23.7 Å². The maximum Gasteiger partial charge on any atom is 0.322 e. The van der Waals surface area contributed by atoms with Gasteiger partial charge in [-0.2, -0.15) is 4.72 Å². The molecule has 23 heavy (non-hydrogen) atoms. The third-order valence-corrected chi connectivity index (χ3v) is 4.84. The number of benzene rings is 2. The Morgan fingerprint density at radius 2 is 1.65 bits per heavy atom. The predicted molar refractivity (Wildman–Crippen MR) is 85.0 cm³/mol. The highest BCUT2D eigenvalue weighted by Gasteiger charge is 2.25. The SMILES string of the molecule is O=C(O)[C@@H](Cc1ccc(O)cc1)NS(=O)(=O)c1ccc(Cl)cc1. The summed E-state index contributed by atoms with van der Waals surface area (Å²) in [4.78, 5) is 11.3. The van der Waals surface area contributed by atoms with Crippen molar-refractivity contribution in [1.29, 1.82) is 0 Å². The summed E-state index contributed by atoms with van der Waals surface area (Å²) in [6, 6.07) is 9.94. The number of sulfonamides is 1. The number of carbonyl (C=O) groups is 1. The van der Waals surface area contributed by atoms with Gasteiger partial charge in [0.25, 0.3) is 0 Å². The van der Waals surface area contributed by atoms with Crippen molar-refractivity contribution in [2.45, 2.75) is 17.4 Å². The highest BCUT2D eigenvalue weighted by atomic mass is 35.5. The summed E-state index contributed by atoms with van der Waals surface area (Å²) in [5.41, 5.74) is 0.578. The highest BCUT2D eigenvalue weighted by molar-refractivity contribution is 7.89. The van der Waals surface area contributed by atoms with E-state index in [2.05, 4.69) is 4.72 Å². The van der Waals surface area contributed by atoms with Crippen LogP contribution in [0.1, 0.15) is 5.56 Å². The van der Waals surface area contributed by atoms with Crippen LogP contribution in [0, 0.1) is 0 Å². The monoisotopic (exact) mass is 355 g/mol. The molecule has 3 N–H and O–H groups in total. The van der Waals surface area contributed by atoms with Crippen LogP contribution in [0.15, 0.2) is 53.4 Å². The average molecular weight is 356 g/mol. The lowest BCUT2D eigenvalue weighted by molar-refractivity contribution is -0.138. The second kappa shape index (κ2) is 6.99. The Bertz CT molecular complexity index is 788. The van der Waals surface area contributed by atoms with Crippen LogP contribution in [0.2, 0.25) is 5.02 Å². The van der Waals surface area contributed by atoms with Crippen molar-refractivity contribution in [3.05, 3.63) is 59.1 Å². The number of carboxylic acids is 1. The van der Waals surface area contributed by atoms with Gasteiger partial charge in [0.15, 0.2) is 0 Å². The maximum absolute atomic E-state index is 12.2. The van der Waals surface area contributed by atoms with Crippen molar-refractivity contribution in [2.75, 3.05) is 0 Å². The lowest BCUT2D eigenvalue weighted by Gasteiger charge is -2.15. The number of rotatable bonds is 6. The molecule has 0 saturated carbocycles. The number of carboxylic acid groups (broad SMARTS) is 1. The second-order valence-electron chi connectivity index (χ2n) is 4.84. The summed E-state index contributed by atoms with van der Waals surface area (Å²) in [5.74, 6) is -1.25. The van der Waals surface area contributed by atoms with Crippen molar-refractivity contribution in [2.24, 2.45) is 0 Å². The molecule has 0 fully saturated rings. The van der Waals surface area contributed by atoms with Crippen molar-refractivity contribution in [3.8, 4) is 5.75 Å². The van der Waals surface area contributed by atoms with E-state index in [-0.39, 0.29) is 17.1 Å². The third-order valence-electron chi connectivity index (χ3n) is 3.10. The minimum atomic E-state index is -3.99. The van der Waals surface area contributed by atoms with Crippen molar-refractivity contribution < 1.29 is 23.4 Å². The zero-order valence-electron chi connectivity index (χ0n) is 11.8. The fourth-order valence-electron chi connectivity index (χ4n) is 1.92. The zero-order valence-corrected chi connectivity index (χ0v) is 13.4. The molecule has 0 bridgehead atoms. The molecule has 0 saturated heterocycles. The first kappa shape index (κ1) is 17.3. The number of aromatic hydroxyl groups is 1. The molecule has 6 nitrogen and oxygen atoms in total. The average Bonchev–Trinajstić information content (AvgIpc) is 2.49. The normalized spacial score (nSPS) is 12.7. The number of phenolic OH excluding ortho intramolecular Hbond substituents is 1. The van der Waals surface area contributed by atoms with Gasteiger partial charge in [0.2, 0.25) is 10.0 Å². The Labute approximate surface area is 138 Å². The van der Waals surface area contributed by atoms with Crippen LogP contribution in [0.25, 0.3) is 0 Å². The quantitative estimate of drug-likeness (QED) is 0.735. The zero-order chi connectivity index (χ0) is 17.0. The molecule has 0 aliphatic heterocycles. The van der Waals surface area contributed by atoms with Crippen LogP contribution < -0.4 is 4.72 Å². The lowest BCUT2D eigenvalue weighted by Crippen LogP contribution is -2.42. The molecule has 0 aliphatic rings. The van der Waals surface area contributed by atoms with Crippen LogP contribution in [-0.4, -0.2) is 30.6 Å². The second-order valence-corrected chi connectivity index (χ2v) is 6.99. The summed E-state index contributed by atoms with van der Waals surface area (Å²) >= 11 is 5.71. The van der Waals surface area contributed by atoms with Gasteiger partial charge in [-0.15, -0.1) is 0 Å². The number of phenols is 1. The molecule has 0 unspecified atom stereocenters. The lowest BCUT2D eigenvalue weighted by atomic mass is 10.1. The molecule has 1 atom stereocenters. The van der Waals surface area contributed by atoms with E-state index in [1.807, 2.05) is 0 Å². The molecule has 0 aliphatic carbocycles. The molecule has 0 amide bonds. The molecule has 0 spiro atoms. The van der Waals surface area contributed by atoms with Gasteiger partial charge in [-0.25, -0.2) is 8.42 Å². The van der Waals surface area contributed by atoms with Crippen LogP contribution in [-0.2, 0) is 21.2 Å². The smallest absolute Gasteiger partial charge is 0.322 e. The summed E-state index contributed by atoms with van der Waals surface area (Å²) in [6.45, 7) is 0. The largest absolute Gasteiger partial charge is 0.508 e. The Hall–Kier alpha value is -2.09. The van der Waals surface area contributed by atoms with Gasteiger partial charge in [0, 0.05) is 5.02 Å². The molecular weight excluding hydrogens is 342 g/mol. The van der Waals surface area contributed by atoms with Crippen molar-refractivity contribution in [1.82, 2.24) is 4.72 Å². The Morgan fingerprint density at radius 1 is 1.09 bits per heavy atom. The number of hydrogen-bond donors (Lipinski definition) is 3. The molecular formula is C15H14ClNO5S. The molecule has 122 valence electrons. The first-order valence-electron chi connectivity index (χ1n) is 6.56. The summed E-state index contributed by atoms with van der Waals surface area (Å²) in [7, 11) is -3.99. The van der Waals surface area contributed by atoms with Gasteiger partial charge in [-0.3, -0.25) is 4.79 Å². The first-order valence-corrected chi connectivity index (χ1v) is 8.42. The summed E-state index contributed by atoms with van der Waals surface area (Å²) < 4.78 is 26.6. The Balaban J connectivity index is 2.20. The van der Waals surface area contributed by atoms with Crippen LogP contribution >= 0.6 is 11.6 Å². The topological polar surface area (TPSA) is 104 Å². The van der Waals surface area contributed by atoms with Crippen molar-refractivity contribution >= 4 is 27.6 Å². The fraction of sp³-hybridized carbons (Fsp3) is 0.133. The van der Waals surface area contributed by atoms with E-state index in [0.717, 1.165) is 0 Å². The Kier molecular flexibility index (Phi) is 5.25. The van der Waals surface area contributed by atoms with E-state index in [1.54, 1.807) is 0 Å². The minimum absolute atomic E-state index is 0.0439. The molecule has 8 heteroatoms. The standard InChI is InChI=1S/C15H14ClNO5S/c16-11-3-7-13(8-4-11)23(21,22)17-14(15(19)20)9-10-1-5-12(18)6-2-10/h1-8,14,17-18H,9H2,(H,19,20)/t14-/m1/s1. The fourth-order valence-corrected chi connectivity index (χ4v) is 3.23. The van der Waals surface area contributed by atoms with Crippen LogP contribution in [0.3, 0.4) is 0 Å². The van der Waals surface area contributed by atoms with Gasteiger partial charge in [-0.05, 0) is 48.4 Å². The van der Waals surface area contributed by atoms with E-state index in [0.29, 0.717) is 10.6 Å². The third kappa shape index (κ3) is 4.69. The van der Waals surface area contributed by atoms with Gasteiger partial charge >= 0.3 is 5.97 Å². The van der Waals surface area contributed by atoms with Crippen LogP contribution in [0.5, 0.6) is 5.75 Å². The maximum atomic E-state index is 12.2. The molecule has 0 aromatic heterocycles. The van der Waals surface area contributed by atoms with Gasteiger partial charge in [0.1, 0.15) is 11.8 Å². The van der Waals surface area contributed by atoms with E-state index >= 15 is 0 Å². The number of aliphatic carboxylic acids is 1. The van der Waals surface area contributed by atoms with E-state index in [1.165, 1.54) is 48.5 Å². The molecule has 0 radical (unpaired) electrons. The highest BCUT2D eigenvalue weighted by Crippen LogP contribution is 2.16. The number of halogens is 1. The number of hydrogen-bond acceptors (Lipinski definition) is 4. The molecule has 2 rings (SSSR count). The van der Waals surface area contributed by atoms with Crippen LogP contribution in [0.4, 0.5) is 0 Å². The van der Waals surface area contributed by atoms with Gasteiger partial charge < -0.3 is 10.2 Å². The molecule has 2 aromatic carbocycles. The minimum Gasteiger partial charge on any atom is -0.508 e. The van der Waals surface area contributed by atoms with E-state index in [4.69, 9.17) is 11.6 Å². The van der Waals surface area contributed by atoms with E-state index in [9.17, 15) is 23.4 Å². The first-order chi connectivity index (χ1) is 10.8. The number of nitrogens with one attached hydrogen (secondary N) is 1. The predicted octanol–water partition coefficient (Wildman–Crippen LogP) is 2.02. The van der Waals surface area contributed by atoms with E-state index < -0.39 is 22.0 Å². The summed E-state index contributed by atoms with van der Waals surface area (Å²) in [6.07, 6.45) is -0.0531. The summed E-state index contributed by atoms with van der Waals surface area (Å²) in [5, 5.41) is 18.8. The van der Waals surface area contributed by atoms with Gasteiger partial charge in [0.05, 0.1) is 4.90 Å². The van der Waals surface area contributed by atoms with Crippen molar-refractivity contribution in [3.63, 3.8) is 0 Å². The molecule has 0 heterocycles. The molecule has 2 aromatic rings. The Morgan fingerprint density at radius 3 is 2.17 bits per heavy atom.